The molecule has 0 saturated carbocycles. The third-order valence-electron chi connectivity index (χ3n) is 3.62. The van der Waals surface area contributed by atoms with Crippen molar-refractivity contribution in [2.75, 3.05) is 6.61 Å². The van der Waals surface area contributed by atoms with Crippen molar-refractivity contribution >= 4 is 0 Å². The van der Waals surface area contributed by atoms with Crippen molar-refractivity contribution in [2.24, 2.45) is 17.3 Å². The first-order valence-electron chi connectivity index (χ1n) is 4.78. The van der Waals surface area contributed by atoms with Gasteiger partial charge < -0.3 is 5.11 Å². The van der Waals surface area contributed by atoms with Gasteiger partial charge in [0.15, 0.2) is 0 Å². The molecule has 0 radical (unpaired) electrons. The summed E-state index contributed by atoms with van der Waals surface area (Å²) in [6.07, 6.45) is 3.44. The van der Waals surface area contributed by atoms with Crippen molar-refractivity contribution in [3.63, 3.8) is 0 Å². The van der Waals surface area contributed by atoms with Crippen molar-refractivity contribution in [3.8, 4) is 0 Å². The highest BCUT2D eigenvalue weighted by Gasteiger charge is 2.36. The minimum atomic E-state index is 0.187. The predicted octanol–water partition coefficient (Wildman–Crippen LogP) is 2.61. The third kappa shape index (κ3) is 1.42. The predicted molar refractivity (Wildman–Crippen MR) is 51.9 cm³/mol. The lowest BCUT2D eigenvalue weighted by molar-refractivity contribution is 0.0878. The van der Waals surface area contributed by atoms with Crippen LogP contribution in [-0.2, 0) is 0 Å². The molecule has 0 amide bonds. The summed E-state index contributed by atoms with van der Waals surface area (Å²) in [6, 6.07) is 0. The second-order valence-corrected chi connectivity index (χ2v) is 4.61. The zero-order valence-electron chi connectivity index (χ0n) is 8.59. The zero-order chi connectivity index (χ0) is 9.35. The first kappa shape index (κ1) is 9.79. The van der Waals surface area contributed by atoms with Gasteiger partial charge in [-0.3, -0.25) is 0 Å². The molecule has 0 fully saturated rings. The summed E-state index contributed by atoms with van der Waals surface area (Å²) in [5.74, 6) is 1.05. The number of rotatable bonds is 1. The minimum Gasteiger partial charge on any atom is -0.396 e. The normalized spacial score (nSPS) is 34.6. The summed E-state index contributed by atoms with van der Waals surface area (Å²) in [7, 11) is 0. The van der Waals surface area contributed by atoms with Gasteiger partial charge in [0, 0.05) is 6.61 Å². The van der Waals surface area contributed by atoms with Crippen LogP contribution in [0.4, 0.5) is 0 Å². The second-order valence-electron chi connectivity index (χ2n) is 4.61. The van der Waals surface area contributed by atoms with Gasteiger partial charge in [-0.15, -0.1) is 0 Å². The fourth-order valence-corrected chi connectivity index (χ4v) is 2.20. The highest BCUT2D eigenvalue weighted by molar-refractivity contribution is 5.15. The number of hydrogen-bond acceptors (Lipinski definition) is 1. The van der Waals surface area contributed by atoms with E-state index in [1.807, 2.05) is 0 Å². The first-order chi connectivity index (χ1) is 5.50. The van der Waals surface area contributed by atoms with Crippen LogP contribution in [0.5, 0.6) is 0 Å². The molecule has 0 unspecified atom stereocenters. The van der Waals surface area contributed by atoms with Gasteiger partial charge in [-0.2, -0.15) is 0 Å². The Morgan fingerprint density at radius 1 is 1.58 bits per heavy atom. The van der Waals surface area contributed by atoms with Gasteiger partial charge in [0.2, 0.25) is 0 Å². The number of aliphatic hydroxyl groups excluding tert-OH is 1. The van der Waals surface area contributed by atoms with E-state index in [0.717, 1.165) is 6.42 Å². The van der Waals surface area contributed by atoms with E-state index in [-0.39, 0.29) is 5.41 Å². The standard InChI is InChI=1S/C11H20O/c1-8-5-6-9(2)11(3,4)10(8)7-12/h6,8,10,12H,5,7H2,1-4H3/t8-,10-/m1/s1. The highest BCUT2D eigenvalue weighted by atomic mass is 16.3. The monoisotopic (exact) mass is 168 g/mol. The Kier molecular flexibility index (Phi) is 2.62. The lowest BCUT2D eigenvalue weighted by Gasteiger charge is -2.41. The van der Waals surface area contributed by atoms with E-state index in [2.05, 4.69) is 33.8 Å². The van der Waals surface area contributed by atoms with Crippen LogP contribution in [0.25, 0.3) is 0 Å². The van der Waals surface area contributed by atoms with E-state index >= 15 is 0 Å². The van der Waals surface area contributed by atoms with Crippen molar-refractivity contribution in [1.29, 1.82) is 0 Å². The van der Waals surface area contributed by atoms with Crippen LogP contribution in [0.15, 0.2) is 11.6 Å². The first-order valence-corrected chi connectivity index (χ1v) is 4.78. The molecule has 70 valence electrons. The lowest BCUT2D eigenvalue weighted by atomic mass is 9.64. The van der Waals surface area contributed by atoms with E-state index in [1.54, 1.807) is 0 Å². The van der Waals surface area contributed by atoms with Crippen LogP contribution in [0.2, 0.25) is 0 Å². The molecule has 0 saturated heterocycles. The van der Waals surface area contributed by atoms with Crippen LogP contribution in [-0.4, -0.2) is 11.7 Å². The molecule has 0 spiro atoms. The molecule has 1 N–H and O–H groups in total. The second kappa shape index (κ2) is 3.21. The maximum atomic E-state index is 9.29. The van der Waals surface area contributed by atoms with Crippen LogP contribution in [0.3, 0.4) is 0 Å². The Morgan fingerprint density at radius 2 is 2.17 bits per heavy atom. The van der Waals surface area contributed by atoms with E-state index in [1.165, 1.54) is 5.57 Å². The Labute approximate surface area is 75.5 Å². The van der Waals surface area contributed by atoms with Gasteiger partial charge in [-0.1, -0.05) is 32.4 Å². The molecule has 1 aliphatic rings. The van der Waals surface area contributed by atoms with E-state index in [4.69, 9.17) is 0 Å². The van der Waals surface area contributed by atoms with Gasteiger partial charge >= 0.3 is 0 Å². The largest absolute Gasteiger partial charge is 0.396 e. The van der Waals surface area contributed by atoms with E-state index in [9.17, 15) is 5.11 Å². The van der Waals surface area contributed by atoms with Gasteiger partial charge in [-0.05, 0) is 30.6 Å². The summed E-state index contributed by atoms with van der Waals surface area (Å²) in [6.45, 7) is 9.18. The van der Waals surface area contributed by atoms with Gasteiger partial charge in [0.1, 0.15) is 0 Å². The van der Waals surface area contributed by atoms with Crippen LogP contribution >= 0.6 is 0 Å². The molecular weight excluding hydrogens is 148 g/mol. The quantitative estimate of drug-likeness (QED) is 0.597. The Morgan fingerprint density at radius 3 is 2.58 bits per heavy atom. The maximum Gasteiger partial charge on any atom is 0.0470 e. The molecule has 1 heteroatoms. The molecule has 0 aromatic carbocycles. The summed E-state index contributed by atoms with van der Waals surface area (Å²) in [4.78, 5) is 0. The third-order valence-corrected chi connectivity index (χ3v) is 3.62. The van der Waals surface area contributed by atoms with Crippen LogP contribution < -0.4 is 0 Å². The molecule has 0 heterocycles. The molecule has 2 atom stereocenters. The average molecular weight is 168 g/mol. The number of allylic oxidation sites excluding steroid dienone is 2. The Balaban J connectivity index is 2.91. The topological polar surface area (TPSA) is 20.2 Å². The minimum absolute atomic E-state index is 0.187. The molecule has 0 aromatic rings. The lowest BCUT2D eigenvalue weighted by Crippen LogP contribution is -2.36. The number of hydrogen-bond donors (Lipinski definition) is 1. The fraction of sp³-hybridized carbons (Fsp3) is 0.818. The molecular formula is C11H20O. The molecule has 1 aliphatic carbocycles. The van der Waals surface area contributed by atoms with Gasteiger partial charge in [0.05, 0.1) is 0 Å². The van der Waals surface area contributed by atoms with E-state index < -0.39 is 0 Å². The number of aliphatic hydroxyl groups is 1. The fourth-order valence-electron chi connectivity index (χ4n) is 2.20. The molecule has 12 heavy (non-hydrogen) atoms. The maximum absolute atomic E-state index is 9.29. The Hall–Kier alpha value is -0.300. The summed E-state index contributed by atoms with van der Waals surface area (Å²) < 4.78 is 0. The summed E-state index contributed by atoms with van der Waals surface area (Å²) in [5.41, 5.74) is 1.62. The highest BCUT2D eigenvalue weighted by Crippen LogP contribution is 2.43. The van der Waals surface area contributed by atoms with E-state index in [0.29, 0.717) is 18.4 Å². The zero-order valence-corrected chi connectivity index (χ0v) is 8.59. The van der Waals surface area contributed by atoms with Crippen molar-refractivity contribution in [2.45, 2.75) is 34.1 Å². The van der Waals surface area contributed by atoms with Gasteiger partial charge in [0.25, 0.3) is 0 Å². The van der Waals surface area contributed by atoms with Crippen LogP contribution in [0, 0.1) is 17.3 Å². The molecule has 0 aromatic heterocycles. The SMILES string of the molecule is CC1=CC[C@@H](C)[C@@H](CO)C1(C)C. The Bertz CT molecular complexity index is 191. The molecule has 0 bridgehead atoms. The smallest absolute Gasteiger partial charge is 0.0470 e. The van der Waals surface area contributed by atoms with Crippen molar-refractivity contribution in [1.82, 2.24) is 0 Å². The van der Waals surface area contributed by atoms with Crippen LogP contribution in [0.1, 0.15) is 34.1 Å². The molecule has 0 aliphatic heterocycles. The van der Waals surface area contributed by atoms with Crippen molar-refractivity contribution in [3.05, 3.63) is 11.6 Å². The summed E-state index contributed by atoms with van der Waals surface area (Å²) in [5, 5.41) is 9.29. The molecule has 1 rings (SSSR count). The molecule has 1 nitrogen and oxygen atoms in total. The average Bonchev–Trinajstić information content (AvgIpc) is 1.98. The summed E-state index contributed by atoms with van der Waals surface area (Å²) >= 11 is 0. The van der Waals surface area contributed by atoms with Crippen molar-refractivity contribution < 1.29 is 5.11 Å². The van der Waals surface area contributed by atoms with Gasteiger partial charge in [-0.25, -0.2) is 0 Å².